The lowest BCUT2D eigenvalue weighted by Crippen LogP contribution is -3.00. The number of unbranched alkanes of at least 4 members (excludes halogenated alkanes) is 5. The van der Waals surface area contributed by atoms with E-state index in [4.69, 9.17) is 0 Å². The number of rotatable bonds is 9. The number of aryl methyl sites for hydroxylation is 1. The van der Waals surface area contributed by atoms with Crippen molar-refractivity contribution in [2.75, 3.05) is 0 Å². The summed E-state index contributed by atoms with van der Waals surface area (Å²) in [6.07, 6.45) is 15.1. The summed E-state index contributed by atoms with van der Waals surface area (Å²) in [5.74, 6) is 0. The fourth-order valence-corrected chi connectivity index (χ4v) is 2.59. The van der Waals surface area contributed by atoms with Crippen LogP contribution in [0.5, 0.6) is 0 Å². The molecule has 2 heteroatoms. The maximum Gasteiger partial charge on any atom is 0.169 e. The molecule has 0 spiro atoms. The summed E-state index contributed by atoms with van der Waals surface area (Å²) >= 11 is 0. The third-order valence-electron chi connectivity index (χ3n) is 4.25. The molecular weight excluding hydrogens is 338 g/mol. The van der Waals surface area contributed by atoms with Crippen molar-refractivity contribution in [1.29, 1.82) is 0 Å². The SMILES string of the molecule is C=C(CCCCCCCC)c1ccccc1.C=Cc1cc[n+](C)cc1.[Cl-]. The molecule has 1 aromatic carbocycles. The fourth-order valence-electron chi connectivity index (χ4n) is 2.59. The second-order valence-electron chi connectivity index (χ2n) is 6.49. The first-order valence-corrected chi connectivity index (χ1v) is 9.48. The second-order valence-corrected chi connectivity index (χ2v) is 6.49. The van der Waals surface area contributed by atoms with Crippen molar-refractivity contribution >= 4 is 11.6 Å². The van der Waals surface area contributed by atoms with E-state index in [9.17, 15) is 0 Å². The summed E-state index contributed by atoms with van der Waals surface area (Å²) in [4.78, 5) is 0. The van der Waals surface area contributed by atoms with Gasteiger partial charge >= 0.3 is 0 Å². The molecule has 0 radical (unpaired) electrons. The van der Waals surface area contributed by atoms with Gasteiger partial charge < -0.3 is 12.4 Å². The average Bonchev–Trinajstić information content (AvgIpc) is 2.66. The number of nitrogens with zero attached hydrogens (tertiary/aromatic N) is 1. The van der Waals surface area contributed by atoms with Gasteiger partial charge in [0.15, 0.2) is 12.4 Å². The van der Waals surface area contributed by atoms with Crippen LogP contribution in [0.15, 0.2) is 68.0 Å². The van der Waals surface area contributed by atoms with Crippen LogP contribution in [0.2, 0.25) is 0 Å². The zero-order valence-electron chi connectivity index (χ0n) is 16.5. The van der Waals surface area contributed by atoms with Crippen LogP contribution in [0.3, 0.4) is 0 Å². The molecule has 142 valence electrons. The van der Waals surface area contributed by atoms with Gasteiger partial charge in [0.05, 0.1) is 0 Å². The predicted molar refractivity (Wildman–Crippen MR) is 111 cm³/mol. The lowest BCUT2D eigenvalue weighted by atomic mass is 10.0. The first kappa shape index (κ1) is 24.1. The molecule has 0 amide bonds. The number of benzene rings is 1. The third-order valence-corrected chi connectivity index (χ3v) is 4.25. The van der Waals surface area contributed by atoms with Gasteiger partial charge in [0.25, 0.3) is 0 Å². The van der Waals surface area contributed by atoms with Gasteiger partial charge in [0.1, 0.15) is 7.05 Å². The highest BCUT2D eigenvalue weighted by molar-refractivity contribution is 5.62. The highest BCUT2D eigenvalue weighted by atomic mass is 35.5. The normalized spacial score (nSPS) is 9.46. The Morgan fingerprint density at radius 3 is 2.08 bits per heavy atom. The lowest BCUT2D eigenvalue weighted by Gasteiger charge is -2.05. The molecular formula is C24H34ClN. The summed E-state index contributed by atoms with van der Waals surface area (Å²) in [7, 11) is 1.99. The zero-order chi connectivity index (χ0) is 18.3. The molecule has 0 atom stereocenters. The van der Waals surface area contributed by atoms with Gasteiger partial charge in [-0.25, -0.2) is 4.57 Å². The molecule has 0 aliphatic carbocycles. The second kappa shape index (κ2) is 15.4. The Labute approximate surface area is 166 Å². The molecule has 0 bridgehead atoms. The first-order chi connectivity index (χ1) is 12.2. The summed E-state index contributed by atoms with van der Waals surface area (Å²) in [6.45, 7) is 10.1. The summed E-state index contributed by atoms with van der Waals surface area (Å²) in [5.41, 5.74) is 3.75. The monoisotopic (exact) mass is 371 g/mol. The van der Waals surface area contributed by atoms with E-state index in [1.54, 1.807) is 0 Å². The first-order valence-electron chi connectivity index (χ1n) is 9.48. The Hall–Kier alpha value is -1.86. The topological polar surface area (TPSA) is 3.88 Å². The molecule has 26 heavy (non-hydrogen) atoms. The van der Waals surface area contributed by atoms with Crippen LogP contribution >= 0.6 is 0 Å². The van der Waals surface area contributed by atoms with Crippen molar-refractivity contribution in [3.8, 4) is 0 Å². The highest BCUT2D eigenvalue weighted by Crippen LogP contribution is 2.19. The lowest BCUT2D eigenvalue weighted by molar-refractivity contribution is -0.671. The van der Waals surface area contributed by atoms with Crippen molar-refractivity contribution in [3.05, 3.63) is 79.1 Å². The van der Waals surface area contributed by atoms with Crippen LogP contribution in [0.25, 0.3) is 11.6 Å². The number of halogens is 1. The van der Waals surface area contributed by atoms with E-state index < -0.39 is 0 Å². The molecule has 2 rings (SSSR count). The van der Waals surface area contributed by atoms with Crippen LogP contribution in [-0.4, -0.2) is 0 Å². The van der Waals surface area contributed by atoms with Gasteiger partial charge in [0, 0.05) is 12.1 Å². The molecule has 0 saturated heterocycles. The molecule has 1 aromatic heterocycles. The Morgan fingerprint density at radius 2 is 1.50 bits per heavy atom. The zero-order valence-corrected chi connectivity index (χ0v) is 17.2. The Morgan fingerprint density at radius 1 is 0.923 bits per heavy atom. The largest absolute Gasteiger partial charge is 1.00 e. The molecule has 0 N–H and O–H groups in total. The molecule has 0 aliphatic heterocycles. The highest BCUT2D eigenvalue weighted by Gasteiger charge is 1.97. The van der Waals surface area contributed by atoms with E-state index in [2.05, 4.69) is 50.4 Å². The standard InChI is InChI=1S/C16H24.C8H10N.ClH/c1-3-4-5-6-7-9-12-15(2)16-13-10-8-11-14-16;1-3-8-4-6-9(2)7-5-8;/h8,10-11,13-14H,2-7,9,12H2,1H3;3-7H,1H2,2H3;1H/q;+1;/p-1. The number of pyridine rings is 1. The van der Waals surface area contributed by atoms with Crippen molar-refractivity contribution < 1.29 is 17.0 Å². The molecule has 0 saturated carbocycles. The van der Waals surface area contributed by atoms with Crippen molar-refractivity contribution in [3.63, 3.8) is 0 Å². The molecule has 0 aliphatic rings. The quantitative estimate of drug-likeness (QED) is 0.468. The van der Waals surface area contributed by atoms with Crippen LogP contribution in [0.1, 0.15) is 63.0 Å². The van der Waals surface area contributed by atoms with Gasteiger partial charge in [0.2, 0.25) is 0 Å². The summed E-state index contributed by atoms with van der Waals surface area (Å²) in [5, 5.41) is 0. The van der Waals surface area contributed by atoms with Crippen LogP contribution in [0.4, 0.5) is 0 Å². The number of hydrogen-bond donors (Lipinski definition) is 0. The van der Waals surface area contributed by atoms with Crippen LogP contribution in [-0.2, 0) is 7.05 Å². The predicted octanol–water partition coefficient (Wildman–Crippen LogP) is 3.61. The average molecular weight is 372 g/mol. The van der Waals surface area contributed by atoms with E-state index in [1.165, 1.54) is 49.7 Å². The number of aromatic nitrogens is 1. The number of allylic oxidation sites excluding steroid dienone is 1. The van der Waals surface area contributed by atoms with Crippen molar-refractivity contribution in [2.24, 2.45) is 7.05 Å². The minimum absolute atomic E-state index is 0. The smallest absolute Gasteiger partial charge is 0.169 e. The summed E-state index contributed by atoms with van der Waals surface area (Å²) in [6, 6.07) is 14.6. The number of hydrogen-bond acceptors (Lipinski definition) is 0. The molecule has 0 fully saturated rings. The van der Waals surface area contributed by atoms with E-state index in [-0.39, 0.29) is 12.4 Å². The van der Waals surface area contributed by atoms with E-state index in [0.717, 1.165) is 12.0 Å². The Bertz CT molecular complexity index is 602. The van der Waals surface area contributed by atoms with Gasteiger partial charge in [-0.3, -0.25) is 0 Å². The van der Waals surface area contributed by atoms with Gasteiger partial charge in [-0.15, -0.1) is 0 Å². The van der Waals surface area contributed by atoms with Crippen molar-refractivity contribution in [2.45, 2.75) is 51.9 Å². The molecule has 0 unspecified atom stereocenters. The van der Waals surface area contributed by atoms with Gasteiger partial charge in [-0.1, -0.05) is 88.6 Å². The molecule has 1 nitrogen and oxygen atoms in total. The fraction of sp³-hybridized carbons (Fsp3) is 0.375. The molecule has 2 aromatic rings. The Kier molecular flexibility index (Phi) is 14.3. The maximum atomic E-state index is 4.16. The van der Waals surface area contributed by atoms with Gasteiger partial charge in [-0.2, -0.15) is 0 Å². The van der Waals surface area contributed by atoms with E-state index in [0.29, 0.717) is 0 Å². The minimum Gasteiger partial charge on any atom is -1.00 e. The Balaban J connectivity index is 0.000000532. The van der Waals surface area contributed by atoms with E-state index >= 15 is 0 Å². The van der Waals surface area contributed by atoms with Gasteiger partial charge in [-0.05, 0) is 29.5 Å². The van der Waals surface area contributed by atoms with Crippen molar-refractivity contribution in [1.82, 2.24) is 0 Å². The van der Waals surface area contributed by atoms with E-state index in [1.807, 2.05) is 42.2 Å². The maximum absolute atomic E-state index is 4.16. The van der Waals surface area contributed by atoms with Crippen LogP contribution in [0, 0.1) is 0 Å². The third kappa shape index (κ3) is 10.9. The van der Waals surface area contributed by atoms with Crippen LogP contribution < -0.4 is 17.0 Å². The summed E-state index contributed by atoms with van der Waals surface area (Å²) < 4.78 is 1.99. The molecule has 1 heterocycles. The minimum atomic E-state index is 0.